The van der Waals surface area contributed by atoms with Gasteiger partial charge in [-0.15, -0.1) is 0 Å². The van der Waals surface area contributed by atoms with Crippen LogP contribution in [0.1, 0.15) is 59.3 Å². The molecule has 1 heterocycles. The molecule has 0 bridgehead atoms. The quantitative estimate of drug-likeness (QED) is 0.795. The minimum atomic E-state index is -0.251. The summed E-state index contributed by atoms with van der Waals surface area (Å²) < 4.78 is 0. The Hall–Kier alpha value is -1.61. The molecule has 6 heteroatoms. The van der Waals surface area contributed by atoms with Gasteiger partial charge in [0.25, 0.3) is 0 Å². The van der Waals surface area contributed by atoms with Gasteiger partial charge in [0.2, 0.25) is 11.8 Å². The maximum absolute atomic E-state index is 12.6. The molecule has 2 rings (SSSR count). The molecule has 1 saturated carbocycles. The molecular formula is C19H32N4O2. The van der Waals surface area contributed by atoms with Crippen molar-refractivity contribution in [2.24, 2.45) is 5.92 Å². The van der Waals surface area contributed by atoms with Crippen molar-refractivity contribution in [1.29, 1.82) is 5.26 Å². The van der Waals surface area contributed by atoms with E-state index in [1.807, 2.05) is 11.8 Å². The van der Waals surface area contributed by atoms with Gasteiger partial charge in [0.15, 0.2) is 0 Å². The Morgan fingerprint density at radius 3 is 2.48 bits per heavy atom. The number of amides is 2. The van der Waals surface area contributed by atoms with Crippen molar-refractivity contribution in [3.05, 3.63) is 0 Å². The zero-order chi connectivity index (χ0) is 18.4. The van der Waals surface area contributed by atoms with Crippen LogP contribution in [0, 0.1) is 17.2 Å². The Balaban J connectivity index is 1.74. The van der Waals surface area contributed by atoms with Crippen LogP contribution in [0.15, 0.2) is 0 Å². The molecule has 0 aromatic rings. The summed E-state index contributed by atoms with van der Waals surface area (Å²) in [5.41, 5.74) is 0. The second-order valence-corrected chi connectivity index (χ2v) is 7.52. The first-order valence-electron chi connectivity index (χ1n) is 9.70. The Morgan fingerprint density at radius 2 is 1.92 bits per heavy atom. The van der Waals surface area contributed by atoms with E-state index in [0.29, 0.717) is 19.1 Å². The minimum absolute atomic E-state index is 0.0271. The predicted molar refractivity (Wildman–Crippen MR) is 96.6 cm³/mol. The van der Waals surface area contributed by atoms with Crippen LogP contribution in [0.3, 0.4) is 0 Å². The van der Waals surface area contributed by atoms with Gasteiger partial charge in [-0.1, -0.05) is 0 Å². The van der Waals surface area contributed by atoms with Crippen LogP contribution in [0.2, 0.25) is 0 Å². The molecule has 2 amide bonds. The number of carbonyl (C=O) groups excluding carboxylic acids is 2. The molecule has 1 N–H and O–H groups in total. The van der Waals surface area contributed by atoms with Crippen LogP contribution in [0.5, 0.6) is 0 Å². The monoisotopic (exact) mass is 348 g/mol. The van der Waals surface area contributed by atoms with Gasteiger partial charge in [-0.2, -0.15) is 5.26 Å². The van der Waals surface area contributed by atoms with Gasteiger partial charge < -0.3 is 15.1 Å². The number of likely N-dealkylation sites (tertiary alicyclic amines) is 1. The molecule has 2 fully saturated rings. The first-order valence-corrected chi connectivity index (χ1v) is 9.70. The first kappa shape index (κ1) is 19.7. The molecule has 0 spiro atoms. The van der Waals surface area contributed by atoms with Crippen molar-refractivity contribution in [2.45, 2.75) is 77.4 Å². The van der Waals surface area contributed by atoms with Gasteiger partial charge in [0.1, 0.15) is 6.04 Å². The summed E-state index contributed by atoms with van der Waals surface area (Å²) in [6.07, 6.45) is 5.35. The van der Waals surface area contributed by atoms with E-state index in [-0.39, 0.29) is 29.8 Å². The summed E-state index contributed by atoms with van der Waals surface area (Å²) in [6.45, 7) is 7.92. The zero-order valence-electron chi connectivity index (χ0n) is 15.8. The molecular weight excluding hydrogens is 316 g/mol. The highest BCUT2D eigenvalue weighted by atomic mass is 16.2. The van der Waals surface area contributed by atoms with Gasteiger partial charge in [-0.25, -0.2) is 0 Å². The first-order chi connectivity index (χ1) is 12.0. The number of nitriles is 1. The predicted octanol–water partition coefficient (Wildman–Crippen LogP) is 1.91. The van der Waals surface area contributed by atoms with E-state index in [1.165, 1.54) is 0 Å². The Labute approximate surface area is 151 Å². The molecule has 0 aromatic carbocycles. The maximum Gasteiger partial charge on any atom is 0.237 e. The van der Waals surface area contributed by atoms with Crippen LogP contribution < -0.4 is 5.32 Å². The third kappa shape index (κ3) is 4.94. The fourth-order valence-corrected chi connectivity index (χ4v) is 4.09. The van der Waals surface area contributed by atoms with Crippen molar-refractivity contribution in [3.8, 4) is 6.07 Å². The Bertz CT molecular complexity index is 506. The van der Waals surface area contributed by atoms with Gasteiger partial charge in [-0.05, 0) is 59.3 Å². The van der Waals surface area contributed by atoms with E-state index in [1.54, 1.807) is 4.90 Å². The Kier molecular flexibility index (Phi) is 7.24. The minimum Gasteiger partial charge on any atom is -0.340 e. The van der Waals surface area contributed by atoms with E-state index < -0.39 is 0 Å². The smallest absolute Gasteiger partial charge is 0.237 e. The van der Waals surface area contributed by atoms with E-state index >= 15 is 0 Å². The topological polar surface area (TPSA) is 76.4 Å². The van der Waals surface area contributed by atoms with Crippen LogP contribution in [-0.2, 0) is 9.59 Å². The average Bonchev–Trinajstić information content (AvgIpc) is 3.09. The van der Waals surface area contributed by atoms with E-state index in [0.717, 1.165) is 45.1 Å². The maximum atomic E-state index is 12.6. The summed E-state index contributed by atoms with van der Waals surface area (Å²) >= 11 is 0. The fraction of sp³-hybridized carbons (Fsp3) is 0.842. The molecule has 0 radical (unpaired) electrons. The molecule has 0 unspecified atom stereocenters. The van der Waals surface area contributed by atoms with Crippen molar-refractivity contribution in [2.75, 3.05) is 19.6 Å². The summed E-state index contributed by atoms with van der Waals surface area (Å²) in [5, 5.41) is 12.4. The molecule has 25 heavy (non-hydrogen) atoms. The van der Waals surface area contributed by atoms with Crippen LogP contribution >= 0.6 is 0 Å². The normalized spacial score (nSPS) is 26.5. The summed E-state index contributed by atoms with van der Waals surface area (Å²) in [7, 11) is 0. The highest BCUT2D eigenvalue weighted by Gasteiger charge is 2.31. The van der Waals surface area contributed by atoms with Crippen LogP contribution in [0.4, 0.5) is 0 Å². The number of nitrogens with one attached hydrogen (secondary N) is 1. The molecule has 0 aromatic heterocycles. The van der Waals surface area contributed by atoms with Gasteiger partial charge in [0.05, 0.1) is 12.6 Å². The standard InChI is InChI=1S/C19H32N4O2/c1-4-22(14(2)3)19(25)15-7-9-16(10-8-15)21-13-18(24)23-11-5-6-17(23)12-20/h14-17,21H,4-11,13H2,1-3H3/t15-,16-,17-/m0/s1. The summed E-state index contributed by atoms with van der Waals surface area (Å²) in [4.78, 5) is 28.5. The third-order valence-electron chi connectivity index (χ3n) is 5.59. The molecule has 1 aliphatic carbocycles. The lowest BCUT2D eigenvalue weighted by Gasteiger charge is -2.34. The largest absolute Gasteiger partial charge is 0.340 e. The summed E-state index contributed by atoms with van der Waals surface area (Å²) in [5.74, 6) is 0.429. The number of hydrogen-bond acceptors (Lipinski definition) is 4. The highest BCUT2D eigenvalue weighted by molar-refractivity contribution is 5.80. The third-order valence-corrected chi connectivity index (χ3v) is 5.59. The lowest BCUT2D eigenvalue weighted by Crippen LogP contribution is -2.46. The number of hydrogen-bond donors (Lipinski definition) is 1. The highest BCUT2D eigenvalue weighted by Crippen LogP contribution is 2.26. The fourth-order valence-electron chi connectivity index (χ4n) is 4.09. The molecule has 6 nitrogen and oxygen atoms in total. The Morgan fingerprint density at radius 1 is 1.24 bits per heavy atom. The lowest BCUT2D eigenvalue weighted by atomic mass is 9.85. The molecule has 1 atom stereocenters. The molecule has 1 aliphatic heterocycles. The number of rotatable bonds is 6. The van der Waals surface area contributed by atoms with Crippen molar-refractivity contribution >= 4 is 11.8 Å². The molecule has 2 aliphatic rings. The number of carbonyl (C=O) groups is 2. The second-order valence-electron chi connectivity index (χ2n) is 7.52. The van der Waals surface area contributed by atoms with E-state index in [2.05, 4.69) is 25.2 Å². The van der Waals surface area contributed by atoms with Crippen molar-refractivity contribution < 1.29 is 9.59 Å². The lowest BCUT2D eigenvalue weighted by molar-refractivity contribution is -0.138. The molecule has 1 saturated heterocycles. The van der Waals surface area contributed by atoms with Gasteiger partial charge in [-0.3, -0.25) is 9.59 Å². The second kappa shape index (κ2) is 9.19. The van der Waals surface area contributed by atoms with E-state index in [4.69, 9.17) is 5.26 Å². The number of nitrogens with zero attached hydrogens (tertiary/aromatic N) is 3. The SMILES string of the molecule is CCN(C(=O)[C@H]1CC[C@H](NCC(=O)N2CCC[C@H]2C#N)CC1)C(C)C. The van der Waals surface area contributed by atoms with Crippen LogP contribution in [0.25, 0.3) is 0 Å². The van der Waals surface area contributed by atoms with E-state index in [9.17, 15) is 9.59 Å². The summed E-state index contributed by atoms with van der Waals surface area (Å²) in [6, 6.07) is 2.51. The van der Waals surface area contributed by atoms with Crippen molar-refractivity contribution in [1.82, 2.24) is 15.1 Å². The van der Waals surface area contributed by atoms with Gasteiger partial charge in [0, 0.05) is 31.1 Å². The average molecular weight is 348 g/mol. The molecule has 140 valence electrons. The van der Waals surface area contributed by atoms with Gasteiger partial charge >= 0.3 is 0 Å². The van der Waals surface area contributed by atoms with Crippen LogP contribution in [-0.4, -0.2) is 59.4 Å². The zero-order valence-corrected chi connectivity index (χ0v) is 15.8. The van der Waals surface area contributed by atoms with Crippen molar-refractivity contribution in [3.63, 3.8) is 0 Å².